The molecular weight excluding hydrogens is 258 g/mol. The van der Waals surface area contributed by atoms with Crippen LogP contribution in [0.4, 0.5) is 0 Å². The summed E-state index contributed by atoms with van der Waals surface area (Å²) in [7, 11) is -4.27. The highest BCUT2D eigenvalue weighted by Crippen LogP contribution is 2.38. The lowest BCUT2D eigenvalue weighted by Gasteiger charge is -2.32. The Balaban J connectivity index is 3.47. The molecule has 1 aliphatic carbocycles. The zero-order valence-corrected chi connectivity index (χ0v) is 10.6. The molecule has 0 fully saturated rings. The molecule has 0 aromatic rings. The van der Waals surface area contributed by atoms with Gasteiger partial charge in [-0.1, -0.05) is 42.0 Å². The first kappa shape index (κ1) is 14.3. The summed E-state index contributed by atoms with van der Waals surface area (Å²) in [6.45, 7) is 1.73. The van der Waals surface area contributed by atoms with E-state index in [1.54, 1.807) is 6.92 Å². The van der Waals surface area contributed by atoms with Crippen molar-refractivity contribution in [1.29, 1.82) is 0 Å². The maximum absolute atomic E-state index is 12.0. The number of carboxylic acid groups (broad SMARTS) is 1. The van der Waals surface area contributed by atoms with Gasteiger partial charge in [-0.25, -0.2) is 13.2 Å². The molecule has 0 spiro atoms. The fourth-order valence-electron chi connectivity index (χ4n) is 2.09. The fourth-order valence-corrected chi connectivity index (χ4v) is 3.57. The van der Waals surface area contributed by atoms with Crippen LogP contribution in [0.5, 0.6) is 0 Å². The molecule has 1 aliphatic rings. The predicted octanol–water partition coefficient (Wildman–Crippen LogP) is 1.02. The fraction of sp³-hybridized carbons (Fsp3) is 0.455. The van der Waals surface area contributed by atoms with Crippen LogP contribution in [0.1, 0.15) is 19.8 Å². The number of carboxylic acids is 1. The average molecular weight is 271 g/mol. The molecule has 0 saturated heterocycles. The molecule has 0 aromatic carbocycles. The number of allylic oxidation sites excluding steroid dienone is 2. The van der Waals surface area contributed by atoms with Gasteiger partial charge in [0.25, 0.3) is 16.1 Å². The summed E-state index contributed by atoms with van der Waals surface area (Å²) in [5.41, 5.74) is 0. The van der Waals surface area contributed by atoms with Crippen molar-refractivity contribution in [2.24, 2.45) is 10.3 Å². The predicted molar refractivity (Wildman–Crippen MR) is 64.1 cm³/mol. The second kappa shape index (κ2) is 5.29. The first-order valence-electron chi connectivity index (χ1n) is 5.34. The number of carbonyl (C=O) groups is 1. The Morgan fingerprint density at radius 1 is 1.50 bits per heavy atom. The van der Waals surface area contributed by atoms with Gasteiger partial charge in [0.2, 0.25) is 0 Å². The highest BCUT2D eigenvalue weighted by molar-refractivity contribution is 7.91. The molecular formula is C11H13NO5S. The number of rotatable bonds is 5. The quantitative estimate of drug-likeness (QED) is 0.594. The summed E-state index contributed by atoms with van der Waals surface area (Å²) in [6.07, 6.45) is 6.98. The van der Waals surface area contributed by atoms with Crippen LogP contribution >= 0.6 is 0 Å². The van der Waals surface area contributed by atoms with E-state index < -0.39 is 26.7 Å². The molecule has 0 amide bonds. The van der Waals surface area contributed by atoms with Crippen molar-refractivity contribution < 1.29 is 23.1 Å². The van der Waals surface area contributed by atoms with Gasteiger partial charge in [0.1, 0.15) is 10.7 Å². The highest BCUT2D eigenvalue weighted by Gasteiger charge is 2.51. The standard InChI is InChI=1S/C11H13NO5S/c1-2-6-11(18(16,17)12-8-13)7-4-3-5-9(11)10(14)15/h3-5,7,9H,2,6H2,1H3,(H,14,15). The van der Waals surface area contributed by atoms with E-state index >= 15 is 0 Å². The summed E-state index contributed by atoms with van der Waals surface area (Å²) >= 11 is 0. The topological polar surface area (TPSA) is 101 Å². The first-order valence-corrected chi connectivity index (χ1v) is 6.78. The van der Waals surface area contributed by atoms with Gasteiger partial charge in [0.05, 0.1) is 0 Å². The molecule has 0 bridgehead atoms. The summed E-state index contributed by atoms with van der Waals surface area (Å²) in [5.74, 6) is -2.53. The Labute approximate surface area is 105 Å². The van der Waals surface area contributed by atoms with Crippen molar-refractivity contribution in [1.82, 2.24) is 0 Å². The minimum atomic E-state index is -4.27. The van der Waals surface area contributed by atoms with Crippen LogP contribution in [0.3, 0.4) is 0 Å². The van der Waals surface area contributed by atoms with E-state index in [0.29, 0.717) is 6.42 Å². The third-order valence-electron chi connectivity index (χ3n) is 2.86. The van der Waals surface area contributed by atoms with Crippen LogP contribution < -0.4 is 0 Å². The Bertz CT molecular complexity index is 542. The van der Waals surface area contributed by atoms with Crippen LogP contribution in [0.25, 0.3) is 0 Å². The second-order valence-electron chi connectivity index (χ2n) is 3.92. The summed E-state index contributed by atoms with van der Waals surface area (Å²) in [6, 6.07) is 0. The maximum atomic E-state index is 12.0. The van der Waals surface area contributed by atoms with Gasteiger partial charge in [-0.05, 0) is 6.42 Å². The van der Waals surface area contributed by atoms with Gasteiger partial charge in [0.15, 0.2) is 0 Å². The molecule has 2 unspecified atom stereocenters. The average Bonchev–Trinajstić information content (AvgIpc) is 2.29. The molecule has 0 heterocycles. The molecule has 6 nitrogen and oxygen atoms in total. The van der Waals surface area contributed by atoms with E-state index in [4.69, 9.17) is 5.11 Å². The Morgan fingerprint density at radius 2 is 2.17 bits per heavy atom. The van der Waals surface area contributed by atoms with E-state index in [2.05, 4.69) is 4.40 Å². The number of aliphatic carboxylic acids is 1. The minimum Gasteiger partial charge on any atom is -0.481 e. The van der Waals surface area contributed by atoms with Crippen molar-refractivity contribution in [3.63, 3.8) is 0 Å². The highest BCUT2D eigenvalue weighted by atomic mass is 32.2. The first-order chi connectivity index (χ1) is 8.41. The number of isocyanates is 1. The van der Waals surface area contributed by atoms with Crippen molar-refractivity contribution in [2.45, 2.75) is 24.5 Å². The van der Waals surface area contributed by atoms with Crippen LogP contribution in [0, 0.1) is 5.92 Å². The van der Waals surface area contributed by atoms with Gasteiger partial charge in [-0.3, -0.25) is 4.79 Å². The minimum absolute atomic E-state index is 0.0678. The molecule has 7 heteroatoms. The van der Waals surface area contributed by atoms with E-state index in [9.17, 15) is 18.0 Å². The van der Waals surface area contributed by atoms with Gasteiger partial charge in [-0.15, -0.1) is 0 Å². The Morgan fingerprint density at radius 3 is 2.67 bits per heavy atom. The molecule has 1 rings (SSSR count). The van der Waals surface area contributed by atoms with Gasteiger partial charge < -0.3 is 5.11 Å². The number of sulfonamides is 1. The number of carbonyl (C=O) groups excluding carboxylic acids is 1. The van der Waals surface area contributed by atoms with Crippen molar-refractivity contribution in [3.05, 3.63) is 24.3 Å². The van der Waals surface area contributed by atoms with Crippen LogP contribution in [-0.4, -0.2) is 30.3 Å². The van der Waals surface area contributed by atoms with Gasteiger partial charge in [0, 0.05) is 0 Å². The van der Waals surface area contributed by atoms with Crippen molar-refractivity contribution >= 4 is 22.1 Å². The molecule has 0 aliphatic heterocycles. The Kier molecular flexibility index (Phi) is 4.21. The number of hydrogen-bond donors (Lipinski definition) is 1. The lowest BCUT2D eigenvalue weighted by atomic mass is 9.84. The third-order valence-corrected chi connectivity index (χ3v) is 4.73. The smallest absolute Gasteiger partial charge is 0.312 e. The number of hydrogen-bond acceptors (Lipinski definition) is 4. The molecule has 0 aromatic heterocycles. The maximum Gasteiger partial charge on any atom is 0.312 e. The number of nitrogens with zero attached hydrogens (tertiary/aromatic N) is 1. The third kappa shape index (κ3) is 2.27. The lowest BCUT2D eigenvalue weighted by Crippen LogP contribution is -2.46. The molecule has 2 atom stereocenters. The molecule has 98 valence electrons. The zero-order chi connectivity index (χ0) is 13.8. The van der Waals surface area contributed by atoms with Crippen molar-refractivity contribution in [3.8, 4) is 0 Å². The zero-order valence-electron chi connectivity index (χ0n) is 9.74. The van der Waals surface area contributed by atoms with Crippen LogP contribution in [0.15, 0.2) is 28.7 Å². The summed E-state index contributed by atoms with van der Waals surface area (Å²) in [5, 5.41) is 9.14. The molecule has 0 radical (unpaired) electrons. The van der Waals surface area contributed by atoms with E-state index in [0.717, 1.165) is 6.08 Å². The Hall–Kier alpha value is -1.72. The van der Waals surface area contributed by atoms with Crippen molar-refractivity contribution in [2.75, 3.05) is 0 Å². The normalized spacial score (nSPS) is 26.6. The van der Waals surface area contributed by atoms with Crippen LogP contribution in [0.2, 0.25) is 0 Å². The van der Waals surface area contributed by atoms with Gasteiger partial charge in [-0.2, -0.15) is 0 Å². The summed E-state index contributed by atoms with van der Waals surface area (Å²) in [4.78, 5) is 21.4. The van der Waals surface area contributed by atoms with E-state index in [1.807, 2.05) is 0 Å². The largest absolute Gasteiger partial charge is 0.481 e. The molecule has 0 saturated carbocycles. The monoisotopic (exact) mass is 271 g/mol. The molecule has 18 heavy (non-hydrogen) atoms. The van der Waals surface area contributed by atoms with E-state index in [-0.39, 0.29) is 6.42 Å². The van der Waals surface area contributed by atoms with Gasteiger partial charge >= 0.3 is 5.97 Å². The lowest BCUT2D eigenvalue weighted by molar-refractivity contribution is -0.140. The molecule has 1 N–H and O–H groups in total. The SMILES string of the molecule is CCCC1(S(=O)(=O)N=C=O)C=CC=CC1C(=O)O. The van der Waals surface area contributed by atoms with Crippen LogP contribution in [-0.2, 0) is 19.6 Å². The van der Waals surface area contributed by atoms with E-state index in [1.165, 1.54) is 24.3 Å². The summed E-state index contributed by atoms with van der Waals surface area (Å²) < 4.78 is 25.2. The second-order valence-corrected chi connectivity index (χ2v) is 5.82.